The lowest BCUT2D eigenvalue weighted by Gasteiger charge is -2.26. The Bertz CT molecular complexity index is 729. The first-order valence-electron chi connectivity index (χ1n) is 7.69. The van der Waals surface area contributed by atoms with Crippen molar-refractivity contribution < 1.29 is 4.79 Å². The van der Waals surface area contributed by atoms with Gasteiger partial charge in [-0.15, -0.1) is 0 Å². The Labute approximate surface area is 135 Å². The molecule has 2 aromatic heterocycles. The minimum absolute atomic E-state index is 0.444. The number of nitrogens with two attached hydrogens (primary N) is 1. The average Bonchev–Trinajstić information content (AvgIpc) is 2.53. The van der Waals surface area contributed by atoms with E-state index in [0.29, 0.717) is 12.4 Å². The number of aromatic nitrogens is 2. The molecular formula is C17H21N5O. The molecule has 2 aromatic rings. The Morgan fingerprint density at radius 2 is 2.04 bits per heavy atom. The highest BCUT2D eigenvalue weighted by molar-refractivity contribution is 5.91. The SMILES string of the molecule is CN(C)Cc1cncc(-c2cnc3c(c2)CCCN3C(N)=O)c1. The molecule has 0 aliphatic carbocycles. The summed E-state index contributed by atoms with van der Waals surface area (Å²) in [7, 11) is 4.07. The summed E-state index contributed by atoms with van der Waals surface area (Å²) >= 11 is 0. The monoisotopic (exact) mass is 311 g/mol. The van der Waals surface area contributed by atoms with E-state index in [-0.39, 0.29) is 0 Å². The van der Waals surface area contributed by atoms with Gasteiger partial charge in [-0.2, -0.15) is 0 Å². The molecule has 0 saturated carbocycles. The van der Waals surface area contributed by atoms with Gasteiger partial charge in [-0.1, -0.05) is 0 Å². The van der Waals surface area contributed by atoms with Crippen molar-refractivity contribution in [3.05, 3.63) is 41.9 Å². The Morgan fingerprint density at radius 3 is 2.78 bits per heavy atom. The maximum Gasteiger partial charge on any atom is 0.320 e. The van der Waals surface area contributed by atoms with Crippen LogP contribution < -0.4 is 10.6 Å². The second kappa shape index (κ2) is 6.34. The maximum absolute atomic E-state index is 11.5. The first-order chi connectivity index (χ1) is 11.0. The van der Waals surface area contributed by atoms with Gasteiger partial charge in [-0.3, -0.25) is 9.88 Å². The van der Waals surface area contributed by atoms with Gasteiger partial charge in [0.1, 0.15) is 5.82 Å². The number of pyridine rings is 2. The quantitative estimate of drug-likeness (QED) is 0.941. The van der Waals surface area contributed by atoms with Crippen LogP contribution in [0.15, 0.2) is 30.7 Å². The molecule has 0 unspecified atom stereocenters. The molecule has 23 heavy (non-hydrogen) atoms. The van der Waals surface area contributed by atoms with Crippen molar-refractivity contribution in [3.63, 3.8) is 0 Å². The molecule has 0 fully saturated rings. The van der Waals surface area contributed by atoms with E-state index < -0.39 is 6.03 Å². The minimum Gasteiger partial charge on any atom is -0.351 e. The number of urea groups is 1. The van der Waals surface area contributed by atoms with Gasteiger partial charge in [0.05, 0.1) is 0 Å². The minimum atomic E-state index is -0.444. The van der Waals surface area contributed by atoms with E-state index in [0.717, 1.165) is 41.6 Å². The van der Waals surface area contributed by atoms with Crippen molar-refractivity contribution in [2.45, 2.75) is 19.4 Å². The summed E-state index contributed by atoms with van der Waals surface area (Å²) in [6.45, 7) is 1.48. The van der Waals surface area contributed by atoms with E-state index in [4.69, 9.17) is 5.73 Å². The number of hydrogen-bond donors (Lipinski definition) is 1. The Balaban J connectivity index is 1.94. The molecule has 0 bridgehead atoms. The lowest BCUT2D eigenvalue weighted by Crippen LogP contribution is -2.40. The number of carbonyl (C=O) groups is 1. The Morgan fingerprint density at radius 1 is 1.26 bits per heavy atom. The number of amides is 2. The van der Waals surface area contributed by atoms with E-state index in [1.165, 1.54) is 0 Å². The van der Waals surface area contributed by atoms with Crippen LogP contribution in [-0.2, 0) is 13.0 Å². The second-order valence-corrected chi connectivity index (χ2v) is 6.12. The molecule has 2 N–H and O–H groups in total. The van der Waals surface area contributed by atoms with E-state index in [1.807, 2.05) is 26.5 Å². The summed E-state index contributed by atoms with van der Waals surface area (Å²) in [5, 5.41) is 0. The molecule has 120 valence electrons. The second-order valence-electron chi connectivity index (χ2n) is 6.12. The van der Waals surface area contributed by atoms with Crippen LogP contribution >= 0.6 is 0 Å². The number of primary amides is 1. The fraction of sp³-hybridized carbons (Fsp3) is 0.353. The van der Waals surface area contributed by atoms with Crippen LogP contribution in [0, 0.1) is 0 Å². The zero-order valence-electron chi connectivity index (χ0n) is 13.5. The van der Waals surface area contributed by atoms with Gasteiger partial charge in [0.2, 0.25) is 0 Å². The number of rotatable bonds is 3. The fourth-order valence-corrected chi connectivity index (χ4v) is 2.93. The third-order valence-electron chi connectivity index (χ3n) is 3.92. The van der Waals surface area contributed by atoms with Crippen LogP contribution in [0.3, 0.4) is 0 Å². The number of nitrogens with zero attached hydrogens (tertiary/aromatic N) is 4. The van der Waals surface area contributed by atoms with Gasteiger partial charge in [0, 0.05) is 42.8 Å². The fourth-order valence-electron chi connectivity index (χ4n) is 2.93. The summed E-state index contributed by atoms with van der Waals surface area (Å²) < 4.78 is 0. The predicted octanol–water partition coefficient (Wildman–Crippen LogP) is 2.04. The molecule has 2 amide bonds. The van der Waals surface area contributed by atoms with Crippen LogP contribution in [0.1, 0.15) is 17.5 Å². The van der Waals surface area contributed by atoms with Gasteiger partial charge in [-0.05, 0) is 50.2 Å². The zero-order valence-corrected chi connectivity index (χ0v) is 13.5. The van der Waals surface area contributed by atoms with Crippen molar-refractivity contribution in [1.82, 2.24) is 14.9 Å². The largest absolute Gasteiger partial charge is 0.351 e. The summed E-state index contributed by atoms with van der Waals surface area (Å²) in [5.74, 6) is 0.685. The highest BCUT2D eigenvalue weighted by Gasteiger charge is 2.22. The number of carbonyl (C=O) groups excluding carboxylic acids is 1. The zero-order chi connectivity index (χ0) is 16.4. The van der Waals surface area contributed by atoms with E-state index in [9.17, 15) is 4.79 Å². The first-order valence-corrected chi connectivity index (χ1v) is 7.69. The average molecular weight is 311 g/mol. The van der Waals surface area contributed by atoms with Crippen LogP contribution in [0.25, 0.3) is 11.1 Å². The molecule has 1 aliphatic heterocycles. The lowest BCUT2D eigenvalue weighted by atomic mass is 10.0. The summed E-state index contributed by atoms with van der Waals surface area (Å²) in [5.41, 5.74) is 9.70. The van der Waals surface area contributed by atoms with Gasteiger partial charge in [0.15, 0.2) is 0 Å². The molecule has 0 aromatic carbocycles. The summed E-state index contributed by atoms with van der Waals surface area (Å²) in [6.07, 6.45) is 7.32. The standard InChI is InChI=1S/C17H21N5O/c1-21(2)11-12-6-14(9-19-8-12)15-7-13-4-3-5-22(17(18)23)16(13)20-10-15/h6-10H,3-5,11H2,1-2H3,(H2,18,23). The summed E-state index contributed by atoms with van der Waals surface area (Å²) in [6, 6.07) is 3.78. The number of aryl methyl sites for hydroxylation is 1. The van der Waals surface area contributed by atoms with Gasteiger partial charge in [-0.25, -0.2) is 9.78 Å². The van der Waals surface area contributed by atoms with Crippen molar-refractivity contribution in [1.29, 1.82) is 0 Å². The van der Waals surface area contributed by atoms with Crippen LogP contribution in [0.4, 0.5) is 10.6 Å². The number of hydrogen-bond acceptors (Lipinski definition) is 4. The Kier molecular flexibility index (Phi) is 4.25. The topological polar surface area (TPSA) is 75.3 Å². The molecule has 0 radical (unpaired) electrons. The van der Waals surface area contributed by atoms with E-state index >= 15 is 0 Å². The van der Waals surface area contributed by atoms with Crippen molar-refractivity contribution >= 4 is 11.8 Å². The van der Waals surface area contributed by atoms with Crippen molar-refractivity contribution in [2.24, 2.45) is 5.73 Å². The lowest BCUT2D eigenvalue weighted by molar-refractivity contribution is 0.253. The van der Waals surface area contributed by atoms with Gasteiger partial charge >= 0.3 is 6.03 Å². The predicted molar refractivity (Wildman–Crippen MR) is 90.1 cm³/mol. The molecular weight excluding hydrogens is 290 g/mol. The van der Waals surface area contributed by atoms with Gasteiger partial charge in [0.25, 0.3) is 0 Å². The summed E-state index contributed by atoms with van der Waals surface area (Å²) in [4.78, 5) is 24.0. The molecule has 6 nitrogen and oxygen atoms in total. The van der Waals surface area contributed by atoms with Crippen LogP contribution in [-0.4, -0.2) is 41.5 Å². The Hall–Kier alpha value is -2.47. The van der Waals surface area contributed by atoms with Crippen LogP contribution in [0.5, 0.6) is 0 Å². The third-order valence-corrected chi connectivity index (χ3v) is 3.92. The van der Waals surface area contributed by atoms with Crippen molar-refractivity contribution in [2.75, 3.05) is 25.5 Å². The van der Waals surface area contributed by atoms with Crippen LogP contribution in [0.2, 0.25) is 0 Å². The highest BCUT2D eigenvalue weighted by atomic mass is 16.2. The molecule has 1 aliphatic rings. The third kappa shape index (κ3) is 3.32. The molecule has 6 heteroatoms. The number of anilines is 1. The smallest absolute Gasteiger partial charge is 0.320 e. The molecule has 0 saturated heterocycles. The van der Waals surface area contributed by atoms with E-state index in [2.05, 4.69) is 27.0 Å². The molecule has 3 heterocycles. The first kappa shape index (κ1) is 15.4. The molecule has 3 rings (SSSR count). The highest BCUT2D eigenvalue weighted by Crippen LogP contribution is 2.29. The molecule has 0 atom stereocenters. The van der Waals surface area contributed by atoms with Gasteiger partial charge < -0.3 is 10.6 Å². The number of fused-ring (bicyclic) bond motifs is 1. The molecule has 0 spiro atoms. The normalized spacial score (nSPS) is 14.0. The maximum atomic E-state index is 11.5. The van der Waals surface area contributed by atoms with E-state index in [1.54, 1.807) is 11.1 Å². The van der Waals surface area contributed by atoms with Crippen molar-refractivity contribution in [3.8, 4) is 11.1 Å².